The summed E-state index contributed by atoms with van der Waals surface area (Å²) in [5, 5.41) is 0. The van der Waals surface area contributed by atoms with Gasteiger partial charge in [-0.3, -0.25) is 9.59 Å². The van der Waals surface area contributed by atoms with Gasteiger partial charge in [-0.05, 0) is 44.4 Å². The minimum atomic E-state index is -3.10. The molecule has 150 valence electrons. The molecule has 2 unspecified atom stereocenters. The lowest BCUT2D eigenvalue weighted by Gasteiger charge is -2.29. The molecule has 1 fully saturated rings. The molecule has 1 aliphatic heterocycles. The maximum atomic E-state index is 12.6. The molecule has 1 saturated heterocycles. The summed E-state index contributed by atoms with van der Waals surface area (Å²) in [4.78, 5) is 26.4. The number of esters is 1. The van der Waals surface area contributed by atoms with Gasteiger partial charge in [0.25, 0.3) is 5.91 Å². The van der Waals surface area contributed by atoms with Crippen molar-refractivity contribution in [2.75, 3.05) is 25.2 Å². The van der Waals surface area contributed by atoms with Gasteiger partial charge in [0.05, 0.1) is 25.0 Å². The first-order valence-corrected chi connectivity index (χ1v) is 10.8. The van der Waals surface area contributed by atoms with Crippen LogP contribution < -0.4 is 4.74 Å². The number of benzene rings is 1. The summed E-state index contributed by atoms with van der Waals surface area (Å²) in [5.41, 5.74) is 1.69. The summed E-state index contributed by atoms with van der Waals surface area (Å²) in [7, 11) is -1.53. The molecule has 2 rings (SSSR count). The van der Waals surface area contributed by atoms with Gasteiger partial charge in [-0.2, -0.15) is 0 Å². The predicted octanol–water partition coefficient (Wildman–Crippen LogP) is 1.51. The van der Waals surface area contributed by atoms with E-state index in [1.165, 1.54) is 11.8 Å². The van der Waals surface area contributed by atoms with E-state index in [-0.39, 0.29) is 29.9 Å². The van der Waals surface area contributed by atoms with Crippen molar-refractivity contribution in [2.24, 2.45) is 0 Å². The highest BCUT2D eigenvalue weighted by atomic mass is 32.2. The summed E-state index contributed by atoms with van der Waals surface area (Å²) >= 11 is 0. The molecule has 2 atom stereocenters. The Labute approximate surface area is 160 Å². The van der Waals surface area contributed by atoms with Crippen LogP contribution in [0.2, 0.25) is 0 Å². The predicted molar refractivity (Wildman–Crippen MR) is 101 cm³/mol. The minimum absolute atomic E-state index is 0.0260. The number of hydrogen-bond acceptors (Lipinski definition) is 6. The minimum Gasteiger partial charge on any atom is -0.496 e. The lowest BCUT2D eigenvalue weighted by atomic mass is 10.1. The molecule has 1 amide bonds. The maximum Gasteiger partial charge on any atom is 0.311 e. The average Bonchev–Trinajstić information content (AvgIpc) is 2.96. The summed E-state index contributed by atoms with van der Waals surface area (Å²) in [6.45, 7) is 5.58. The SMILES string of the molecule is CCN(C(=O)C(C)OC(=O)Cc1ccc(C)c(OC)c1)C1CCS(=O)(=O)C1. The Hall–Kier alpha value is -2.09. The summed E-state index contributed by atoms with van der Waals surface area (Å²) in [6.07, 6.45) is -0.516. The number of sulfone groups is 1. The van der Waals surface area contributed by atoms with Crippen LogP contribution in [0.3, 0.4) is 0 Å². The van der Waals surface area contributed by atoms with Gasteiger partial charge in [0.2, 0.25) is 0 Å². The van der Waals surface area contributed by atoms with Gasteiger partial charge in [0, 0.05) is 12.6 Å². The number of rotatable bonds is 7. The van der Waals surface area contributed by atoms with Gasteiger partial charge in [0.1, 0.15) is 5.75 Å². The summed E-state index contributed by atoms with van der Waals surface area (Å²) < 4.78 is 33.9. The second-order valence-electron chi connectivity index (χ2n) is 6.79. The van der Waals surface area contributed by atoms with E-state index in [9.17, 15) is 18.0 Å². The van der Waals surface area contributed by atoms with E-state index in [0.717, 1.165) is 11.1 Å². The Morgan fingerprint density at radius 1 is 1.33 bits per heavy atom. The molecule has 1 aliphatic rings. The molecule has 7 nitrogen and oxygen atoms in total. The van der Waals surface area contributed by atoms with E-state index >= 15 is 0 Å². The highest BCUT2D eigenvalue weighted by Crippen LogP contribution is 2.21. The fourth-order valence-corrected chi connectivity index (χ4v) is 5.01. The molecule has 0 aromatic heterocycles. The van der Waals surface area contributed by atoms with Gasteiger partial charge < -0.3 is 14.4 Å². The van der Waals surface area contributed by atoms with Gasteiger partial charge in [-0.1, -0.05) is 12.1 Å². The topological polar surface area (TPSA) is 90.0 Å². The number of aryl methyl sites for hydroxylation is 1. The van der Waals surface area contributed by atoms with Crippen molar-refractivity contribution >= 4 is 21.7 Å². The van der Waals surface area contributed by atoms with Gasteiger partial charge in [-0.15, -0.1) is 0 Å². The standard InChI is InChI=1S/C19H27NO6S/c1-5-20(16-8-9-27(23,24)12-16)19(22)14(3)26-18(21)11-15-7-6-13(2)17(10-15)25-4/h6-7,10,14,16H,5,8-9,11-12H2,1-4H3. The van der Waals surface area contributed by atoms with Gasteiger partial charge in [-0.25, -0.2) is 8.42 Å². The first kappa shape index (κ1) is 21.2. The smallest absolute Gasteiger partial charge is 0.311 e. The van der Waals surface area contributed by atoms with E-state index < -0.39 is 21.9 Å². The van der Waals surface area contributed by atoms with Crippen molar-refractivity contribution in [3.63, 3.8) is 0 Å². The first-order valence-electron chi connectivity index (χ1n) is 9.00. The molecule has 0 N–H and O–H groups in total. The van der Waals surface area contributed by atoms with E-state index in [1.807, 2.05) is 19.1 Å². The van der Waals surface area contributed by atoms with Crippen LogP contribution in [0.5, 0.6) is 5.75 Å². The zero-order valence-electron chi connectivity index (χ0n) is 16.2. The average molecular weight is 397 g/mol. The quantitative estimate of drug-likeness (QED) is 0.648. The number of nitrogens with zero attached hydrogens (tertiary/aromatic N) is 1. The maximum absolute atomic E-state index is 12.6. The molecule has 0 bridgehead atoms. The number of carbonyl (C=O) groups is 2. The molecule has 1 heterocycles. The highest BCUT2D eigenvalue weighted by Gasteiger charge is 2.36. The van der Waals surface area contributed by atoms with Gasteiger partial charge in [0.15, 0.2) is 15.9 Å². The van der Waals surface area contributed by atoms with Crippen molar-refractivity contribution in [2.45, 2.75) is 45.8 Å². The van der Waals surface area contributed by atoms with Crippen LogP contribution in [-0.2, 0) is 30.6 Å². The Kier molecular flexibility index (Phi) is 6.86. The van der Waals surface area contributed by atoms with E-state index in [2.05, 4.69) is 0 Å². The van der Waals surface area contributed by atoms with Crippen molar-refractivity contribution in [1.82, 2.24) is 4.90 Å². The summed E-state index contributed by atoms with van der Waals surface area (Å²) in [6, 6.07) is 5.09. The monoisotopic (exact) mass is 397 g/mol. The van der Waals surface area contributed by atoms with Crippen molar-refractivity contribution < 1.29 is 27.5 Å². The van der Waals surface area contributed by atoms with Crippen molar-refractivity contribution in [3.8, 4) is 5.75 Å². The highest BCUT2D eigenvalue weighted by molar-refractivity contribution is 7.91. The molecule has 0 saturated carbocycles. The number of hydrogen-bond donors (Lipinski definition) is 0. The number of amides is 1. The lowest BCUT2D eigenvalue weighted by molar-refractivity contribution is -0.159. The second kappa shape index (κ2) is 8.73. The van der Waals surface area contributed by atoms with Crippen molar-refractivity contribution in [1.29, 1.82) is 0 Å². The fourth-order valence-electron chi connectivity index (χ4n) is 3.28. The normalized spacial score (nSPS) is 19.3. The zero-order chi connectivity index (χ0) is 20.2. The van der Waals surface area contributed by atoms with E-state index in [4.69, 9.17) is 9.47 Å². The molecule has 0 spiro atoms. The first-order chi connectivity index (χ1) is 12.7. The second-order valence-corrected chi connectivity index (χ2v) is 9.02. The molecular weight excluding hydrogens is 370 g/mol. The Bertz CT molecular complexity index is 804. The lowest BCUT2D eigenvalue weighted by Crippen LogP contribution is -2.46. The Morgan fingerprint density at radius 2 is 2.04 bits per heavy atom. The molecule has 8 heteroatoms. The number of methoxy groups -OCH3 is 1. The molecular formula is C19H27NO6S. The fraction of sp³-hybridized carbons (Fsp3) is 0.579. The Morgan fingerprint density at radius 3 is 2.59 bits per heavy atom. The van der Waals surface area contributed by atoms with E-state index in [0.29, 0.717) is 18.7 Å². The van der Waals surface area contributed by atoms with Crippen LogP contribution in [0.15, 0.2) is 18.2 Å². The molecule has 0 radical (unpaired) electrons. The van der Waals surface area contributed by atoms with E-state index in [1.54, 1.807) is 20.1 Å². The molecule has 1 aromatic rings. The Balaban J connectivity index is 1.97. The largest absolute Gasteiger partial charge is 0.496 e. The van der Waals surface area contributed by atoms with Crippen LogP contribution in [0.4, 0.5) is 0 Å². The third-order valence-electron chi connectivity index (χ3n) is 4.75. The molecule has 0 aliphatic carbocycles. The molecule has 1 aromatic carbocycles. The number of likely N-dealkylation sites (N-methyl/N-ethyl adjacent to an activating group) is 1. The van der Waals surface area contributed by atoms with Crippen LogP contribution >= 0.6 is 0 Å². The third-order valence-corrected chi connectivity index (χ3v) is 6.50. The van der Waals surface area contributed by atoms with Crippen LogP contribution in [-0.4, -0.2) is 62.5 Å². The number of ether oxygens (including phenoxy) is 2. The molecule has 27 heavy (non-hydrogen) atoms. The van der Waals surface area contributed by atoms with Crippen LogP contribution in [0, 0.1) is 6.92 Å². The van der Waals surface area contributed by atoms with Crippen molar-refractivity contribution in [3.05, 3.63) is 29.3 Å². The zero-order valence-corrected chi connectivity index (χ0v) is 17.0. The van der Waals surface area contributed by atoms with Crippen LogP contribution in [0.25, 0.3) is 0 Å². The third kappa shape index (κ3) is 5.45. The van der Waals surface area contributed by atoms with Gasteiger partial charge >= 0.3 is 5.97 Å². The number of carbonyl (C=O) groups excluding carboxylic acids is 2. The van der Waals surface area contributed by atoms with Crippen LogP contribution in [0.1, 0.15) is 31.4 Å². The summed E-state index contributed by atoms with van der Waals surface area (Å²) in [5.74, 6) is -0.142.